The summed E-state index contributed by atoms with van der Waals surface area (Å²) < 4.78 is 11.3. The Morgan fingerprint density at radius 1 is 0.722 bits per heavy atom. The molecule has 3 heterocycles. The molecule has 0 unspecified atom stereocenters. The first-order valence-electron chi connectivity index (χ1n) is 12.0. The maximum Gasteiger partial charge on any atom is 0.163 e. The third-order valence-corrected chi connectivity index (χ3v) is 6.17. The van der Waals surface area contributed by atoms with Gasteiger partial charge in [0.05, 0.1) is 0 Å². The highest BCUT2D eigenvalue weighted by Gasteiger charge is 2.16. The molecule has 0 amide bonds. The Labute approximate surface area is 226 Å². The minimum atomic E-state index is 0. The fourth-order valence-electron chi connectivity index (χ4n) is 3.20. The molecule has 3 aromatic rings. The summed E-state index contributed by atoms with van der Waals surface area (Å²) in [7, 11) is 0. The van der Waals surface area contributed by atoms with E-state index in [-0.39, 0.29) is 22.3 Å². The molecule has 0 aliphatic rings. The second kappa shape index (κ2) is 18.2. The fourth-order valence-corrected chi connectivity index (χ4v) is 4.08. The van der Waals surface area contributed by atoms with Gasteiger partial charge in [-0.15, -0.1) is 15.3 Å². The van der Waals surface area contributed by atoms with Gasteiger partial charge in [0.1, 0.15) is 17.8 Å². The van der Waals surface area contributed by atoms with E-state index in [0.717, 1.165) is 17.3 Å². The minimum Gasteiger partial charge on any atom is -0.342 e. The molecule has 0 atom stereocenters. The van der Waals surface area contributed by atoms with Crippen molar-refractivity contribution in [2.75, 3.05) is 0 Å². The van der Waals surface area contributed by atoms with E-state index in [1.807, 2.05) is 6.20 Å². The molecule has 0 aliphatic heterocycles. The summed E-state index contributed by atoms with van der Waals surface area (Å²) >= 11 is 1.64. The molecule has 3 aromatic heterocycles. The van der Waals surface area contributed by atoms with Gasteiger partial charge in [0, 0.05) is 40.1 Å². The molecule has 0 saturated carbocycles. The van der Waals surface area contributed by atoms with Crippen LogP contribution in [0.25, 0.3) is 0 Å². The number of nitrogens with zero attached hydrogens (tertiary/aromatic N) is 6. The molecule has 0 fully saturated rings. The number of hydrogen-bond acceptors (Lipinski definition) is 7. The third-order valence-electron chi connectivity index (χ3n) is 5.06. The topological polar surface area (TPSA) is 82.5 Å². The molecular weight excluding hydrogens is 468 g/mol. The van der Waals surface area contributed by atoms with Gasteiger partial charge >= 0.3 is 0 Å². The molecule has 7 nitrogen and oxygen atoms in total. The summed E-state index contributed by atoms with van der Waals surface area (Å²) in [5.41, 5.74) is 2.41. The smallest absolute Gasteiger partial charge is 0.163 e. The molecule has 0 N–H and O–H groups in total. The van der Waals surface area contributed by atoms with Crippen molar-refractivity contribution in [3.8, 4) is 0 Å². The molecule has 8 heteroatoms. The second-order valence-corrected chi connectivity index (χ2v) is 11.0. The molecule has 3 rings (SSSR count). The minimum absolute atomic E-state index is 0. The maximum absolute atomic E-state index is 5.03. The molecule has 0 spiro atoms. The second-order valence-electron chi connectivity index (χ2n) is 10.1. The summed E-state index contributed by atoms with van der Waals surface area (Å²) in [4.78, 5) is 1.44. The predicted octanol–water partition coefficient (Wildman–Crippen LogP) is 9.60. The van der Waals surface area contributed by atoms with Gasteiger partial charge in [-0.1, -0.05) is 91.5 Å². The molecular formula is C28H56N6OS. The van der Waals surface area contributed by atoms with Gasteiger partial charge in [-0.25, -0.2) is 4.37 Å². The molecule has 0 aromatic carbocycles. The van der Waals surface area contributed by atoms with E-state index in [2.05, 4.69) is 113 Å². The maximum atomic E-state index is 5.03. The van der Waals surface area contributed by atoms with Crippen LogP contribution in [0.4, 0.5) is 0 Å². The van der Waals surface area contributed by atoms with E-state index in [9.17, 15) is 0 Å². The standard InChI is InChI=1S/C9H15NS.C8H15N3.C8H14N2O.3CH4/c1-6(2)8-5-10-11-9(8)7(3)4;1-6(2)8-10-9-5-11(8)7(3)4;1-5(2)7-8(6(3)4)11-10-9-7;;;/h2*5-7H,1-4H3;5-6H,1-4H3;3*1H4. The molecule has 0 saturated heterocycles. The molecule has 0 bridgehead atoms. The number of rotatable bonds is 6. The predicted molar refractivity (Wildman–Crippen MR) is 157 cm³/mol. The Bertz CT molecular complexity index is 735. The fraction of sp³-hybridized carbons (Fsp3) is 0.750. The Balaban J connectivity index is -0.000000436. The lowest BCUT2D eigenvalue weighted by Crippen LogP contribution is -2.06. The van der Waals surface area contributed by atoms with Gasteiger partial charge in [0.15, 0.2) is 5.76 Å². The molecule has 210 valence electrons. The summed E-state index contributed by atoms with van der Waals surface area (Å²) in [6.45, 7) is 25.7. The first kappa shape index (κ1) is 38.4. The van der Waals surface area contributed by atoms with Gasteiger partial charge < -0.3 is 9.09 Å². The van der Waals surface area contributed by atoms with Crippen molar-refractivity contribution in [1.29, 1.82) is 0 Å². The zero-order valence-corrected chi connectivity index (χ0v) is 23.4. The lowest BCUT2D eigenvalue weighted by atomic mass is 10.0. The van der Waals surface area contributed by atoms with Crippen LogP contribution in [0.15, 0.2) is 17.0 Å². The summed E-state index contributed by atoms with van der Waals surface area (Å²) in [6, 6.07) is 0.461. The van der Waals surface area contributed by atoms with Crippen molar-refractivity contribution in [2.24, 2.45) is 0 Å². The first-order valence-corrected chi connectivity index (χ1v) is 12.8. The van der Waals surface area contributed by atoms with E-state index >= 15 is 0 Å². The largest absolute Gasteiger partial charge is 0.342 e. The molecule has 0 radical (unpaired) electrons. The number of aromatic nitrogens is 6. The zero-order valence-electron chi connectivity index (χ0n) is 22.6. The third kappa shape index (κ3) is 11.3. The van der Waals surface area contributed by atoms with Crippen LogP contribution < -0.4 is 0 Å². The van der Waals surface area contributed by atoms with E-state index in [0.29, 0.717) is 35.6 Å². The summed E-state index contributed by atoms with van der Waals surface area (Å²) in [5, 5.41) is 15.4. The van der Waals surface area contributed by atoms with Crippen LogP contribution in [0.3, 0.4) is 0 Å². The Hall–Kier alpha value is -2.09. The van der Waals surface area contributed by atoms with Crippen LogP contribution in [0, 0.1) is 0 Å². The van der Waals surface area contributed by atoms with Crippen LogP contribution in [0.1, 0.15) is 169 Å². The SMILES string of the molecule is C.C.C.CC(C)c1cnsc1C(C)C.CC(C)c1nncn1C(C)C.CC(C)c1nnoc1C(C)C. The van der Waals surface area contributed by atoms with Gasteiger partial charge in [-0.05, 0) is 42.8 Å². The zero-order chi connectivity index (χ0) is 25.3. The van der Waals surface area contributed by atoms with E-state index in [4.69, 9.17) is 4.52 Å². The quantitative estimate of drug-likeness (QED) is 0.319. The van der Waals surface area contributed by atoms with Crippen LogP contribution >= 0.6 is 11.5 Å². The van der Waals surface area contributed by atoms with Gasteiger partial charge in [-0.2, -0.15) is 0 Å². The Morgan fingerprint density at radius 2 is 1.31 bits per heavy atom. The highest BCUT2D eigenvalue weighted by molar-refractivity contribution is 7.06. The highest BCUT2D eigenvalue weighted by Crippen LogP contribution is 2.28. The number of hydrogen-bond donors (Lipinski definition) is 0. The van der Waals surface area contributed by atoms with E-state index in [1.165, 1.54) is 10.4 Å². The van der Waals surface area contributed by atoms with Crippen molar-refractivity contribution >= 4 is 11.5 Å². The Kier molecular flexibility index (Phi) is 19.4. The van der Waals surface area contributed by atoms with Crippen molar-refractivity contribution in [1.82, 2.24) is 29.5 Å². The lowest BCUT2D eigenvalue weighted by molar-refractivity contribution is 0.351. The molecule has 36 heavy (non-hydrogen) atoms. The Morgan fingerprint density at radius 3 is 1.64 bits per heavy atom. The first-order chi connectivity index (χ1) is 15.4. The summed E-state index contributed by atoms with van der Waals surface area (Å²) in [6.07, 6.45) is 3.80. The van der Waals surface area contributed by atoms with Gasteiger partial charge in [-0.3, -0.25) is 0 Å². The van der Waals surface area contributed by atoms with Crippen molar-refractivity contribution in [3.63, 3.8) is 0 Å². The summed E-state index contributed by atoms with van der Waals surface area (Å²) in [5.74, 6) is 4.46. The van der Waals surface area contributed by atoms with Crippen molar-refractivity contribution in [3.05, 3.63) is 40.2 Å². The highest BCUT2D eigenvalue weighted by atomic mass is 32.1. The molecule has 0 aliphatic carbocycles. The van der Waals surface area contributed by atoms with Crippen LogP contribution in [-0.2, 0) is 0 Å². The van der Waals surface area contributed by atoms with Gasteiger partial charge in [0.2, 0.25) is 0 Å². The van der Waals surface area contributed by atoms with Crippen molar-refractivity contribution in [2.45, 2.75) is 141 Å². The average Bonchev–Trinajstić information content (AvgIpc) is 3.48. The average molecular weight is 525 g/mol. The monoisotopic (exact) mass is 524 g/mol. The van der Waals surface area contributed by atoms with Crippen molar-refractivity contribution < 1.29 is 4.52 Å². The van der Waals surface area contributed by atoms with Gasteiger partial charge in [0.25, 0.3) is 0 Å². The normalized spacial score (nSPS) is 10.5. The van der Waals surface area contributed by atoms with E-state index < -0.39 is 0 Å². The van der Waals surface area contributed by atoms with E-state index in [1.54, 1.807) is 17.9 Å². The lowest BCUT2D eigenvalue weighted by Gasteiger charge is -2.11. The van der Waals surface area contributed by atoms with Crippen LogP contribution in [0.5, 0.6) is 0 Å². The van der Waals surface area contributed by atoms with Crippen LogP contribution in [0.2, 0.25) is 0 Å². The van der Waals surface area contributed by atoms with Crippen LogP contribution in [-0.4, -0.2) is 29.5 Å².